The predicted molar refractivity (Wildman–Crippen MR) is 69.5 cm³/mol. The van der Waals surface area contributed by atoms with Crippen molar-refractivity contribution in [2.45, 2.75) is 32.4 Å². The van der Waals surface area contributed by atoms with E-state index in [9.17, 15) is 0 Å². The predicted octanol–water partition coefficient (Wildman–Crippen LogP) is 2.20. The lowest BCUT2D eigenvalue weighted by Gasteiger charge is -2.25. The monoisotopic (exact) mass is 219 g/mol. The van der Waals surface area contributed by atoms with Gasteiger partial charge in [0.25, 0.3) is 0 Å². The summed E-state index contributed by atoms with van der Waals surface area (Å²) < 4.78 is 0. The average molecular weight is 219 g/mol. The van der Waals surface area contributed by atoms with Gasteiger partial charge in [0, 0.05) is 6.21 Å². The van der Waals surface area contributed by atoms with Crippen molar-refractivity contribution in [3.05, 3.63) is 36.7 Å². The quantitative estimate of drug-likeness (QED) is 0.468. The first kappa shape index (κ1) is 12.6. The molecule has 0 aromatic rings. The number of allylic oxidation sites excluding steroid dienone is 1. The van der Waals surface area contributed by atoms with E-state index >= 15 is 0 Å². The fourth-order valence-electron chi connectivity index (χ4n) is 1.48. The Bertz CT molecular complexity index is 326. The summed E-state index contributed by atoms with van der Waals surface area (Å²) in [4.78, 5) is 0. The van der Waals surface area contributed by atoms with E-state index < -0.39 is 0 Å². The van der Waals surface area contributed by atoms with Gasteiger partial charge in [-0.2, -0.15) is 0 Å². The zero-order chi connectivity index (χ0) is 12.2. The molecule has 1 rings (SSSR count). The van der Waals surface area contributed by atoms with Gasteiger partial charge in [0.2, 0.25) is 0 Å². The molecule has 0 aromatic carbocycles. The zero-order valence-electron chi connectivity index (χ0n) is 10.2. The molecule has 1 heterocycles. The van der Waals surface area contributed by atoms with E-state index in [1.54, 1.807) is 0 Å². The van der Waals surface area contributed by atoms with E-state index in [1.807, 2.05) is 18.5 Å². The molecule has 3 N–H and O–H groups in total. The minimum atomic E-state index is -0.0928. The van der Waals surface area contributed by atoms with E-state index in [1.165, 1.54) is 6.21 Å². The Labute approximate surface area is 97.8 Å². The highest BCUT2D eigenvalue weighted by molar-refractivity contribution is 5.66. The Morgan fingerprint density at radius 3 is 2.75 bits per heavy atom. The maximum Gasteiger partial charge on any atom is 0.0820 e. The van der Waals surface area contributed by atoms with Gasteiger partial charge in [-0.3, -0.25) is 0 Å². The molecule has 0 amide bonds. The third-order valence-electron chi connectivity index (χ3n) is 2.77. The summed E-state index contributed by atoms with van der Waals surface area (Å²) in [7, 11) is 0. The van der Waals surface area contributed by atoms with Gasteiger partial charge in [-0.1, -0.05) is 19.6 Å². The molecule has 0 spiro atoms. The molecule has 0 saturated heterocycles. The molecule has 2 atom stereocenters. The lowest BCUT2D eigenvalue weighted by atomic mass is 9.95. The van der Waals surface area contributed by atoms with Crippen molar-refractivity contribution in [2.75, 3.05) is 0 Å². The molecule has 3 heteroatoms. The van der Waals surface area contributed by atoms with Gasteiger partial charge in [-0.25, -0.2) is 0 Å². The molecule has 1 aliphatic rings. The van der Waals surface area contributed by atoms with Gasteiger partial charge in [0.1, 0.15) is 0 Å². The van der Waals surface area contributed by atoms with Gasteiger partial charge in [0.05, 0.1) is 11.6 Å². The Morgan fingerprint density at radius 2 is 2.12 bits per heavy atom. The van der Waals surface area contributed by atoms with Gasteiger partial charge in [0.15, 0.2) is 0 Å². The van der Waals surface area contributed by atoms with Crippen molar-refractivity contribution in [2.24, 2.45) is 5.92 Å². The largest absolute Gasteiger partial charge is 0.383 e. The van der Waals surface area contributed by atoms with Gasteiger partial charge in [-0.05, 0) is 43.8 Å². The van der Waals surface area contributed by atoms with E-state index in [0.29, 0.717) is 0 Å². The molecule has 0 radical (unpaired) electrons. The Kier molecular flexibility index (Phi) is 3.93. The Morgan fingerprint density at radius 1 is 1.44 bits per heavy atom. The maximum atomic E-state index is 7.39. The second-order valence-electron chi connectivity index (χ2n) is 4.73. The van der Waals surface area contributed by atoms with Crippen molar-refractivity contribution < 1.29 is 0 Å². The summed E-state index contributed by atoms with van der Waals surface area (Å²) >= 11 is 0. The highest BCUT2D eigenvalue weighted by Crippen LogP contribution is 2.15. The van der Waals surface area contributed by atoms with Crippen LogP contribution in [-0.2, 0) is 0 Å². The molecule has 2 unspecified atom stereocenters. The van der Waals surface area contributed by atoms with Crippen molar-refractivity contribution in [1.82, 2.24) is 10.6 Å². The highest BCUT2D eigenvalue weighted by atomic mass is 14.9. The standard InChI is InChI=1S/C13H21N3/c1-10-5-7-16-13(3,4)6-8-15-12(9-14)11(10)2/h5-10,12,14-16H,2H2,1,3-4H3/b7-5-,8-6-,14-9?. The minimum absolute atomic E-state index is 0.0888. The van der Waals surface area contributed by atoms with Crippen molar-refractivity contribution >= 4 is 6.21 Å². The summed E-state index contributed by atoms with van der Waals surface area (Å²) in [5, 5.41) is 13.9. The molecule has 0 fully saturated rings. The lowest BCUT2D eigenvalue weighted by molar-refractivity contribution is 0.543. The fourth-order valence-corrected chi connectivity index (χ4v) is 1.48. The number of rotatable bonds is 1. The van der Waals surface area contributed by atoms with Crippen LogP contribution in [0.1, 0.15) is 20.8 Å². The van der Waals surface area contributed by atoms with Crippen LogP contribution < -0.4 is 10.6 Å². The van der Waals surface area contributed by atoms with E-state index in [4.69, 9.17) is 5.41 Å². The molecule has 0 aliphatic carbocycles. The molecule has 0 aromatic heterocycles. The molecular formula is C13H21N3. The molecule has 3 nitrogen and oxygen atoms in total. The second kappa shape index (κ2) is 5.01. The normalized spacial score (nSPS) is 33.1. The van der Waals surface area contributed by atoms with Crippen LogP contribution in [0.15, 0.2) is 36.7 Å². The SMILES string of the molecule is C=C1C(C)/C=C\NC(C)(C)/C=C\NC1C=N. The first-order chi connectivity index (χ1) is 7.46. The number of hydrogen-bond donors (Lipinski definition) is 3. The average Bonchev–Trinajstić information content (AvgIpc) is 2.22. The van der Waals surface area contributed by atoms with Crippen LogP contribution in [0.4, 0.5) is 0 Å². The first-order valence-electron chi connectivity index (χ1n) is 5.53. The van der Waals surface area contributed by atoms with Crippen LogP contribution in [0, 0.1) is 11.3 Å². The van der Waals surface area contributed by atoms with Crippen LogP contribution >= 0.6 is 0 Å². The van der Waals surface area contributed by atoms with Crippen LogP contribution in [0.3, 0.4) is 0 Å². The van der Waals surface area contributed by atoms with E-state index in [-0.39, 0.29) is 17.5 Å². The first-order valence-corrected chi connectivity index (χ1v) is 5.53. The molecule has 0 bridgehead atoms. The fraction of sp³-hybridized carbons (Fsp3) is 0.462. The molecule has 1 aliphatic heterocycles. The summed E-state index contributed by atoms with van der Waals surface area (Å²) in [6.45, 7) is 10.3. The van der Waals surface area contributed by atoms with Gasteiger partial charge >= 0.3 is 0 Å². The van der Waals surface area contributed by atoms with Crippen LogP contribution in [-0.4, -0.2) is 17.8 Å². The van der Waals surface area contributed by atoms with Gasteiger partial charge in [-0.15, -0.1) is 0 Å². The molecule has 16 heavy (non-hydrogen) atoms. The molecule has 0 saturated carbocycles. The van der Waals surface area contributed by atoms with E-state index in [0.717, 1.165) is 5.57 Å². The summed E-state index contributed by atoms with van der Waals surface area (Å²) in [5.41, 5.74) is 0.909. The highest BCUT2D eigenvalue weighted by Gasteiger charge is 2.16. The third-order valence-corrected chi connectivity index (χ3v) is 2.77. The summed E-state index contributed by atoms with van der Waals surface area (Å²) in [5.74, 6) is 0.244. The minimum Gasteiger partial charge on any atom is -0.383 e. The topological polar surface area (TPSA) is 47.9 Å². The van der Waals surface area contributed by atoms with Crippen LogP contribution in [0.5, 0.6) is 0 Å². The van der Waals surface area contributed by atoms with Crippen molar-refractivity contribution in [1.29, 1.82) is 5.41 Å². The smallest absolute Gasteiger partial charge is 0.0820 e. The number of hydrogen-bond acceptors (Lipinski definition) is 3. The number of nitrogens with one attached hydrogen (secondary N) is 3. The Hall–Kier alpha value is -1.51. The van der Waals surface area contributed by atoms with E-state index in [2.05, 4.69) is 44.1 Å². The Balaban J connectivity index is 2.91. The second-order valence-corrected chi connectivity index (χ2v) is 4.73. The molecular weight excluding hydrogens is 198 g/mol. The van der Waals surface area contributed by atoms with Crippen LogP contribution in [0.25, 0.3) is 0 Å². The maximum absolute atomic E-state index is 7.39. The van der Waals surface area contributed by atoms with Crippen molar-refractivity contribution in [3.8, 4) is 0 Å². The van der Waals surface area contributed by atoms with Crippen LogP contribution in [0.2, 0.25) is 0 Å². The van der Waals surface area contributed by atoms with Gasteiger partial charge < -0.3 is 16.0 Å². The lowest BCUT2D eigenvalue weighted by Crippen LogP contribution is -2.36. The summed E-state index contributed by atoms with van der Waals surface area (Å²) in [6, 6.07) is -0.0928. The third kappa shape index (κ3) is 3.26. The van der Waals surface area contributed by atoms with Crippen molar-refractivity contribution in [3.63, 3.8) is 0 Å². The summed E-state index contributed by atoms with van der Waals surface area (Å²) in [6.07, 6.45) is 9.35. The zero-order valence-corrected chi connectivity index (χ0v) is 10.2. The molecule has 88 valence electrons.